The van der Waals surface area contributed by atoms with Gasteiger partial charge in [0.25, 0.3) is 0 Å². The molecule has 0 spiro atoms. The second kappa shape index (κ2) is 7.62. The number of ether oxygens (including phenoxy) is 1. The summed E-state index contributed by atoms with van der Waals surface area (Å²) in [5, 5.41) is 8.83. The van der Waals surface area contributed by atoms with Crippen LogP contribution in [0.3, 0.4) is 0 Å². The SMILES string of the molecule is COCCN(CCO)C(=O)[C@H](N)C(C)C. The Bertz CT molecular complexity index is 186. The first-order valence-electron chi connectivity index (χ1n) is 5.18. The van der Waals surface area contributed by atoms with Crippen molar-refractivity contribution in [1.82, 2.24) is 4.90 Å². The Morgan fingerprint density at radius 2 is 2.07 bits per heavy atom. The van der Waals surface area contributed by atoms with Gasteiger partial charge in [-0.2, -0.15) is 0 Å². The van der Waals surface area contributed by atoms with Crippen molar-refractivity contribution >= 4 is 5.91 Å². The minimum absolute atomic E-state index is 0.0553. The Labute approximate surface area is 91.2 Å². The average molecular weight is 218 g/mol. The molecule has 0 bridgehead atoms. The summed E-state index contributed by atoms with van der Waals surface area (Å²) in [7, 11) is 1.57. The summed E-state index contributed by atoms with van der Waals surface area (Å²) in [6.45, 7) is 4.97. The van der Waals surface area contributed by atoms with E-state index in [1.807, 2.05) is 13.8 Å². The van der Waals surface area contributed by atoms with Gasteiger partial charge in [0.2, 0.25) is 5.91 Å². The molecule has 1 atom stereocenters. The minimum Gasteiger partial charge on any atom is -0.395 e. The number of nitrogens with zero attached hydrogens (tertiary/aromatic N) is 1. The monoisotopic (exact) mass is 218 g/mol. The molecule has 0 aromatic heterocycles. The van der Waals surface area contributed by atoms with Crippen LogP contribution in [0.2, 0.25) is 0 Å². The van der Waals surface area contributed by atoms with Gasteiger partial charge in [0.1, 0.15) is 0 Å². The van der Waals surface area contributed by atoms with E-state index in [0.717, 1.165) is 0 Å². The molecule has 5 heteroatoms. The van der Waals surface area contributed by atoms with Crippen LogP contribution < -0.4 is 5.73 Å². The first kappa shape index (κ1) is 14.3. The third-order valence-electron chi connectivity index (χ3n) is 2.25. The van der Waals surface area contributed by atoms with Gasteiger partial charge in [0.15, 0.2) is 0 Å². The van der Waals surface area contributed by atoms with E-state index in [-0.39, 0.29) is 18.4 Å². The van der Waals surface area contributed by atoms with Crippen molar-refractivity contribution in [3.05, 3.63) is 0 Å². The number of aliphatic hydroxyl groups excluding tert-OH is 1. The first-order valence-corrected chi connectivity index (χ1v) is 5.18. The van der Waals surface area contributed by atoms with Crippen molar-refractivity contribution in [2.45, 2.75) is 19.9 Å². The van der Waals surface area contributed by atoms with Crippen LogP contribution in [0.15, 0.2) is 0 Å². The van der Waals surface area contributed by atoms with Gasteiger partial charge < -0.3 is 20.5 Å². The summed E-state index contributed by atoms with van der Waals surface area (Å²) in [6, 6.07) is -0.506. The van der Waals surface area contributed by atoms with Gasteiger partial charge in [-0.3, -0.25) is 4.79 Å². The molecule has 5 nitrogen and oxygen atoms in total. The molecule has 90 valence electrons. The predicted molar refractivity (Wildman–Crippen MR) is 58.4 cm³/mol. The van der Waals surface area contributed by atoms with Crippen LogP contribution in [-0.2, 0) is 9.53 Å². The van der Waals surface area contributed by atoms with Crippen LogP contribution in [0, 0.1) is 5.92 Å². The van der Waals surface area contributed by atoms with Gasteiger partial charge in [-0.15, -0.1) is 0 Å². The summed E-state index contributed by atoms with van der Waals surface area (Å²) < 4.78 is 4.89. The van der Waals surface area contributed by atoms with E-state index in [9.17, 15) is 4.79 Å². The largest absolute Gasteiger partial charge is 0.395 e. The van der Waals surface area contributed by atoms with Crippen LogP contribution in [-0.4, -0.2) is 55.4 Å². The second-order valence-corrected chi connectivity index (χ2v) is 3.81. The quantitative estimate of drug-likeness (QED) is 0.600. The average Bonchev–Trinajstić information content (AvgIpc) is 2.22. The standard InChI is InChI=1S/C10H22N2O3/c1-8(2)9(11)10(14)12(4-6-13)5-7-15-3/h8-9,13H,4-7,11H2,1-3H3/t9-/m1/s1. The van der Waals surface area contributed by atoms with E-state index in [1.54, 1.807) is 7.11 Å². The van der Waals surface area contributed by atoms with Crippen LogP contribution >= 0.6 is 0 Å². The van der Waals surface area contributed by atoms with Crippen molar-refractivity contribution in [2.24, 2.45) is 11.7 Å². The Balaban J connectivity index is 4.26. The number of rotatable bonds is 7. The number of hydrogen-bond acceptors (Lipinski definition) is 4. The highest BCUT2D eigenvalue weighted by Crippen LogP contribution is 2.03. The summed E-state index contributed by atoms with van der Waals surface area (Å²) in [6.07, 6.45) is 0. The third kappa shape index (κ3) is 5.11. The molecular formula is C10H22N2O3. The van der Waals surface area contributed by atoms with E-state index in [1.165, 1.54) is 4.90 Å². The van der Waals surface area contributed by atoms with Crippen LogP contribution in [0.5, 0.6) is 0 Å². The molecule has 1 amide bonds. The summed E-state index contributed by atoms with van der Waals surface area (Å²) in [4.78, 5) is 13.4. The molecule has 0 saturated heterocycles. The molecule has 0 aromatic carbocycles. The third-order valence-corrected chi connectivity index (χ3v) is 2.25. The zero-order valence-electron chi connectivity index (χ0n) is 9.77. The lowest BCUT2D eigenvalue weighted by atomic mass is 10.0. The zero-order valence-corrected chi connectivity index (χ0v) is 9.77. The Morgan fingerprint density at radius 3 is 2.47 bits per heavy atom. The Morgan fingerprint density at radius 1 is 1.47 bits per heavy atom. The molecule has 0 aliphatic carbocycles. The fraction of sp³-hybridized carbons (Fsp3) is 0.900. The van der Waals surface area contributed by atoms with Crippen molar-refractivity contribution in [3.63, 3.8) is 0 Å². The normalized spacial score (nSPS) is 12.9. The van der Waals surface area contributed by atoms with Crippen molar-refractivity contribution in [3.8, 4) is 0 Å². The summed E-state index contributed by atoms with van der Waals surface area (Å²) in [5.74, 6) is -0.0302. The van der Waals surface area contributed by atoms with E-state index in [0.29, 0.717) is 19.7 Å². The summed E-state index contributed by atoms with van der Waals surface area (Å²) in [5.41, 5.74) is 5.75. The van der Waals surface area contributed by atoms with Gasteiger partial charge in [-0.25, -0.2) is 0 Å². The molecule has 0 saturated carbocycles. The zero-order chi connectivity index (χ0) is 11.8. The molecule has 3 N–H and O–H groups in total. The molecule has 0 aliphatic heterocycles. The maximum absolute atomic E-state index is 11.8. The first-order chi connectivity index (χ1) is 7.04. The number of nitrogens with two attached hydrogens (primary N) is 1. The van der Waals surface area contributed by atoms with E-state index >= 15 is 0 Å². The van der Waals surface area contributed by atoms with Crippen LogP contribution in [0.4, 0.5) is 0 Å². The number of hydrogen-bond donors (Lipinski definition) is 2. The van der Waals surface area contributed by atoms with E-state index in [2.05, 4.69) is 0 Å². The summed E-state index contributed by atoms with van der Waals surface area (Å²) >= 11 is 0. The van der Waals surface area contributed by atoms with Gasteiger partial charge in [0.05, 0.1) is 19.3 Å². The van der Waals surface area contributed by atoms with E-state index in [4.69, 9.17) is 15.6 Å². The lowest BCUT2D eigenvalue weighted by molar-refractivity contribution is -0.134. The lowest BCUT2D eigenvalue weighted by Crippen LogP contribution is -2.48. The lowest BCUT2D eigenvalue weighted by Gasteiger charge is -2.26. The molecule has 15 heavy (non-hydrogen) atoms. The second-order valence-electron chi connectivity index (χ2n) is 3.81. The van der Waals surface area contributed by atoms with Crippen molar-refractivity contribution in [2.75, 3.05) is 33.4 Å². The van der Waals surface area contributed by atoms with Gasteiger partial charge in [0, 0.05) is 20.2 Å². The van der Waals surface area contributed by atoms with Gasteiger partial charge in [-0.1, -0.05) is 13.8 Å². The highest BCUT2D eigenvalue weighted by atomic mass is 16.5. The molecule has 0 aromatic rings. The van der Waals surface area contributed by atoms with Crippen molar-refractivity contribution < 1.29 is 14.6 Å². The molecule has 0 unspecified atom stereocenters. The van der Waals surface area contributed by atoms with Crippen LogP contribution in [0.1, 0.15) is 13.8 Å². The molecule has 0 heterocycles. The maximum Gasteiger partial charge on any atom is 0.239 e. The maximum atomic E-state index is 11.8. The Kier molecular flexibility index (Phi) is 7.29. The van der Waals surface area contributed by atoms with Crippen molar-refractivity contribution in [1.29, 1.82) is 0 Å². The van der Waals surface area contributed by atoms with Gasteiger partial charge in [-0.05, 0) is 5.92 Å². The number of amides is 1. The fourth-order valence-corrected chi connectivity index (χ4v) is 1.15. The fourth-order valence-electron chi connectivity index (χ4n) is 1.15. The number of aliphatic hydroxyl groups is 1. The van der Waals surface area contributed by atoms with E-state index < -0.39 is 6.04 Å². The molecule has 0 fully saturated rings. The molecule has 0 aliphatic rings. The number of carbonyl (C=O) groups excluding carboxylic acids is 1. The highest BCUT2D eigenvalue weighted by molar-refractivity contribution is 5.81. The number of methoxy groups -OCH3 is 1. The van der Waals surface area contributed by atoms with Gasteiger partial charge >= 0.3 is 0 Å². The van der Waals surface area contributed by atoms with Crippen LogP contribution in [0.25, 0.3) is 0 Å². The smallest absolute Gasteiger partial charge is 0.239 e. The molecule has 0 rings (SSSR count). The Hall–Kier alpha value is -0.650. The predicted octanol–water partition coefficient (Wildman–Crippen LogP) is -0.563. The minimum atomic E-state index is -0.506. The molecular weight excluding hydrogens is 196 g/mol. The number of carbonyl (C=O) groups is 1. The topological polar surface area (TPSA) is 75.8 Å². The highest BCUT2D eigenvalue weighted by Gasteiger charge is 2.22. The molecule has 0 radical (unpaired) electrons.